The molecule has 0 saturated heterocycles. The summed E-state index contributed by atoms with van der Waals surface area (Å²) < 4.78 is 5.54. The number of methoxy groups -OCH3 is 1. The first-order chi connectivity index (χ1) is 9.19. The minimum atomic E-state index is 0.442. The minimum absolute atomic E-state index is 0.442. The first kappa shape index (κ1) is 14.4. The van der Waals surface area contributed by atoms with Crippen molar-refractivity contribution in [2.24, 2.45) is 5.41 Å². The Hall–Kier alpha value is -1.02. The van der Waals surface area contributed by atoms with Crippen molar-refractivity contribution in [3.63, 3.8) is 0 Å². The molecule has 0 spiro atoms. The van der Waals surface area contributed by atoms with Crippen LogP contribution >= 0.6 is 0 Å². The van der Waals surface area contributed by atoms with Gasteiger partial charge in [0.1, 0.15) is 5.75 Å². The van der Waals surface area contributed by atoms with Crippen molar-refractivity contribution in [1.82, 2.24) is 5.32 Å². The summed E-state index contributed by atoms with van der Waals surface area (Å²) in [7, 11) is 1.78. The summed E-state index contributed by atoms with van der Waals surface area (Å²) in [6.45, 7) is 6.55. The minimum Gasteiger partial charge on any atom is -0.496 e. The molecule has 2 heteroatoms. The van der Waals surface area contributed by atoms with Gasteiger partial charge >= 0.3 is 0 Å². The number of nitrogens with one attached hydrogen (secondary N) is 1. The fourth-order valence-electron chi connectivity index (χ4n) is 3.38. The molecule has 1 saturated carbocycles. The van der Waals surface area contributed by atoms with Crippen molar-refractivity contribution >= 4 is 0 Å². The summed E-state index contributed by atoms with van der Waals surface area (Å²) >= 11 is 0. The number of rotatable bonds is 6. The normalized spacial score (nSPS) is 17.6. The van der Waals surface area contributed by atoms with Crippen LogP contribution in [0, 0.1) is 12.3 Å². The van der Waals surface area contributed by atoms with E-state index in [4.69, 9.17) is 4.74 Å². The van der Waals surface area contributed by atoms with Crippen molar-refractivity contribution < 1.29 is 4.74 Å². The third-order valence-electron chi connectivity index (χ3n) is 4.42. The molecule has 0 aliphatic heterocycles. The first-order valence-corrected chi connectivity index (χ1v) is 7.53. The van der Waals surface area contributed by atoms with Crippen molar-refractivity contribution in [2.45, 2.75) is 46.0 Å². The van der Waals surface area contributed by atoms with Crippen LogP contribution < -0.4 is 10.1 Å². The van der Waals surface area contributed by atoms with Gasteiger partial charge in [0.2, 0.25) is 0 Å². The first-order valence-electron chi connectivity index (χ1n) is 7.53. The highest BCUT2D eigenvalue weighted by molar-refractivity contribution is 5.37. The predicted molar refractivity (Wildman–Crippen MR) is 80.9 cm³/mol. The van der Waals surface area contributed by atoms with Gasteiger partial charge in [0.05, 0.1) is 7.11 Å². The summed E-state index contributed by atoms with van der Waals surface area (Å²) in [6.07, 6.45) is 6.58. The zero-order chi connectivity index (χ0) is 13.7. The summed E-state index contributed by atoms with van der Waals surface area (Å²) in [6, 6.07) is 6.54. The van der Waals surface area contributed by atoms with Crippen LogP contribution in [-0.4, -0.2) is 20.2 Å². The van der Waals surface area contributed by atoms with Crippen LogP contribution in [0.5, 0.6) is 5.75 Å². The van der Waals surface area contributed by atoms with E-state index < -0.39 is 0 Å². The van der Waals surface area contributed by atoms with Gasteiger partial charge in [-0.05, 0) is 49.8 Å². The van der Waals surface area contributed by atoms with Crippen molar-refractivity contribution in [1.29, 1.82) is 0 Å². The van der Waals surface area contributed by atoms with Crippen LogP contribution in [0.25, 0.3) is 0 Å². The van der Waals surface area contributed by atoms with Crippen LogP contribution in [0.4, 0.5) is 0 Å². The summed E-state index contributed by atoms with van der Waals surface area (Å²) in [5, 5.41) is 3.56. The number of benzene rings is 1. The molecule has 0 aromatic heterocycles. The van der Waals surface area contributed by atoms with Crippen LogP contribution in [0.2, 0.25) is 0 Å². The van der Waals surface area contributed by atoms with Crippen LogP contribution in [0.3, 0.4) is 0 Å². The van der Waals surface area contributed by atoms with E-state index in [-0.39, 0.29) is 0 Å². The molecule has 1 aromatic rings. The monoisotopic (exact) mass is 261 g/mol. The Kier molecular flexibility index (Phi) is 4.87. The molecule has 1 fully saturated rings. The molecule has 0 heterocycles. The highest BCUT2D eigenvalue weighted by Crippen LogP contribution is 2.42. The Morgan fingerprint density at radius 3 is 2.63 bits per heavy atom. The quantitative estimate of drug-likeness (QED) is 0.842. The van der Waals surface area contributed by atoms with E-state index in [2.05, 4.69) is 37.4 Å². The van der Waals surface area contributed by atoms with E-state index in [1.807, 2.05) is 0 Å². The zero-order valence-electron chi connectivity index (χ0n) is 12.6. The van der Waals surface area contributed by atoms with Gasteiger partial charge in [0, 0.05) is 6.54 Å². The lowest BCUT2D eigenvalue weighted by molar-refractivity contribution is 0.275. The fourth-order valence-corrected chi connectivity index (χ4v) is 3.38. The lowest BCUT2D eigenvalue weighted by atomic mass is 9.79. The molecule has 0 amide bonds. The largest absolute Gasteiger partial charge is 0.496 e. The Morgan fingerprint density at radius 1 is 1.26 bits per heavy atom. The Labute approximate surface area is 117 Å². The smallest absolute Gasteiger partial charge is 0.122 e. The summed E-state index contributed by atoms with van der Waals surface area (Å²) in [5.74, 6) is 1.05. The highest BCUT2D eigenvalue weighted by atomic mass is 16.5. The topological polar surface area (TPSA) is 21.3 Å². The molecule has 2 rings (SSSR count). The standard InChI is InChI=1S/C17H27NO/c1-4-18-13-17(9-5-6-10-17)12-15-11-14(2)7-8-16(15)19-3/h7-8,11,18H,4-6,9-10,12-13H2,1-3H3. The third kappa shape index (κ3) is 3.50. The molecule has 2 nitrogen and oxygen atoms in total. The van der Waals surface area contributed by atoms with Gasteiger partial charge in [-0.15, -0.1) is 0 Å². The number of hydrogen-bond donors (Lipinski definition) is 1. The summed E-state index contributed by atoms with van der Waals surface area (Å²) in [4.78, 5) is 0. The lowest BCUT2D eigenvalue weighted by Gasteiger charge is -2.30. The van der Waals surface area contributed by atoms with E-state index in [1.165, 1.54) is 36.8 Å². The molecular weight excluding hydrogens is 234 g/mol. The maximum atomic E-state index is 5.54. The van der Waals surface area contributed by atoms with Crippen molar-refractivity contribution in [3.05, 3.63) is 29.3 Å². The lowest BCUT2D eigenvalue weighted by Crippen LogP contribution is -2.34. The van der Waals surface area contributed by atoms with E-state index >= 15 is 0 Å². The summed E-state index contributed by atoms with van der Waals surface area (Å²) in [5.41, 5.74) is 3.14. The third-order valence-corrected chi connectivity index (χ3v) is 4.42. The molecule has 1 aliphatic carbocycles. The Bertz CT molecular complexity index is 408. The number of aryl methyl sites for hydroxylation is 1. The van der Waals surface area contributed by atoms with Gasteiger partial charge in [-0.2, -0.15) is 0 Å². The maximum absolute atomic E-state index is 5.54. The van der Waals surface area contributed by atoms with Gasteiger partial charge in [-0.25, -0.2) is 0 Å². The van der Waals surface area contributed by atoms with Gasteiger partial charge in [-0.3, -0.25) is 0 Å². The van der Waals surface area contributed by atoms with E-state index in [0.717, 1.165) is 25.3 Å². The molecular formula is C17H27NO. The second-order valence-electron chi connectivity index (χ2n) is 5.98. The fraction of sp³-hybridized carbons (Fsp3) is 0.647. The molecule has 1 aromatic carbocycles. The maximum Gasteiger partial charge on any atom is 0.122 e. The van der Waals surface area contributed by atoms with Crippen molar-refractivity contribution in [3.8, 4) is 5.75 Å². The SMILES string of the molecule is CCNCC1(Cc2cc(C)ccc2OC)CCCC1. The molecule has 19 heavy (non-hydrogen) atoms. The van der Waals surface area contributed by atoms with Crippen molar-refractivity contribution in [2.75, 3.05) is 20.2 Å². The van der Waals surface area contributed by atoms with Crippen LogP contribution in [-0.2, 0) is 6.42 Å². The van der Waals surface area contributed by atoms with E-state index in [0.29, 0.717) is 5.41 Å². The average Bonchev–Trinajstić information content (AvgIpc) is 2.86. The average molecular weight is 261 g/mol. The molecule has 0 unspecified atom stereocenters. The van der Waals surface area contributed by atoms with E-state index in [9.17, 15) is 0 Å². The molecule has 0 bridgehead atoms. The van der Waals surface area contributed by atoms with Gasteiger partial charge in [0.25, 0.3) is 0 Å². The van der Waals surface area contributed by atoms with Crippen LogP contribution in [0.1, 0.15) is 43.7 Å². The molecule has 1 aliphatic rings. The van der Waals surface area contributed by atoms with Gasteiger partial charge in [-0.1, -0.05) is 37.5 Å². The second kappa shape index (κ2) is 6.42. The zero-order valence-corrected chi connectivity index (χ0v) is 12.6. The number of ether oxygens (including phenoxy) is 1. The molecule has 1 N–H and O–H groups in total. The van der Waals surface area contributed by atoms with Gasteiger partial charge in [0.15, 0.2) is 0 Å². The molecule has 106 valence electrons. The second-order valence-corrected chi connectivity index (χ2v) is 5.98. The molecule has 0 radical (unpaired) electrons. The van der Waals surface area contributed by atoms with E-state index in [1.54, 1.807) is 7.11 Å². The highest BCUT2D eigenvalue weighted by Gasteiger charge is 2.34. The van der Waals surface area contributed by atoms with Crippen LogP contribution in [0.15, 0.2) is 18.2 Å². The molecule has 0 atom stereocenters. The Balaban J connectivity index is 2.19. The van der Waals surface area contributed by atoms with Gasteiger partial charge < -0.3 is 10.1 Å². The Morgan fingerprint density at radius 2 is 2.00 bits per heavy atom. The number of hydrogen-bond acceptors (Lipinski definition) is 2. The predicted octanol–water partition coefficient (Wildman–Crippen LogP) is 3.72.